The third-order valence-electron chi connectivity index (χ3n) is 2.54. The fourth-order valence-electron chi connectivity index (χ4n) is 1.65. The molecule has 0 atom stereocenters. The normalized spacial score (nSPS) is 9.70. The highest BCUT2D eigenvalue weighted by atomic mass is 16.5. The lowest BCUT2D eigenvalue weighted by molar-refractivity contribution is 0.0947. The van der Waals surface area contributed by atoms with E-state index in [1.54, 1.807) is 30.3 Å². The molecule has 0 radical (unpaired) electrons. The van der Waals surface area contributed by atoms with Gasteiger partial charge < -0.3 is 14.9 Å². The number of hydrogen-bond acceptors (Lipinski definition) is 4. The van der Waals surface area contributed by atoms with E-state index >= 15 is 0 Å². The zero-order chi connectivity index (χ0) is 14.4. The Morgan fingerprint density at radius 3 is 3.00 bits per heavy atom. The Labute approximate surface area is 116 Å². The average molecular weight is 270 g/mol. The number of aryl methyl sites for hydroxylation is 1. The number of benzene rings is 1. The van der Waals surface area contributed by atoms with Gasteiger partial charge in [-0.15, -0.1) is 0 Å². The Kier molecular flexibility index (Phi) is 4.53. The number of amides is 1. The van der Waals surface area contributed by atoms with E-state index in [4.69, 9.17) is 9.63 Å². The molecule has 20 heavy (non-hydrogen) atoms. The van der Waals surface area contributed by atoms with E-state index in [0.29, 0.717) is 16.9 Å². The zero-order valence-corrected chi connectivity index (χ0v) is 11.0. The molecule has 0 aliphatic carbocycles. The van der Waals surface area contributed by atoms with Gasteiger partial charge in [0.2, 0.25) is 0 Å². The SMILES string of the molecule is Cc1cc(CNC(=O)c2cccc(C#CCO)c2)on1. The van der Waals surface area contributed by atoms with Crippen molar-refractivity contribution in [2.24, 2.45) is 0 Å². The van der Waals surface area contributed by atoms with Crippen LogP contribution in [-0.2, 0) is 6.54 Å². The van der Waals surface area contributed by atoms with E-state index in [-0.39, 0.29) is 19.1 Å². The summed E-state index contributed by atoms with van der Waals surface area (Å²) >= 11 is 0. The first-order valence-corrected chi connectivity index (χ1v) is 6.09. The minimum absolute atomic E-state index is 0.207. The van der Waals surface area contributed by atoms with E-state index in [1.165, 1.54) is 0 Å². The molecule has 0 aliphatic heterocycles. The van der Waals surface area contributed by atoms with Crippen molar-refractivity contribution in [2.75, 3.05) is 6.61 Å². The zero-order valence-electron chi connectivity index (χ0n) is 11.0. The molecule has 102 valence electrons. The summed E-state index contributed by atoms with van der Waals surface area (Å²) in [4.78, 5) is 12.0. The van der Waals surface area contributed by atoms with Crippen LogP contribution >= 0.6 is 0 Å². The van der Waals surface area contributed by atoms with Crippen molar-refractivity contribution in [2.45, 2.75) is 13.5 Å². The second-order valence-electron chi connectivity index (χ2n) is 4.16. The third-order valence-corrected chi connectivity index (χ3v) is 2.54. The van der Waals surface area contributed by atoms with Gasteiger partial charge in [-0.3, -0.25) is 4.79 Å². The molecule has 1 heterocycles. The fourth-order valence-corrected chi connectivity index (χ4v) is 1.65. The second-order valence-corrected chi connectivity index (χ2v) is 4.16. The van der Waals surface area contributed by atoms with Crippen LogP contribution in [0, 0.1) is 18.8 Å². The molecule has 5 nitrogen and oxygen atoms in total. The number of carbonyl (C=O) groups excluding carboxylic acids is 1. The summed E-state index contributed by atoms with van der Waals surface area (Å²) < 4.78 is 5.01. The van der Waals surface area contributed by atoms with Gasteiger partial charge in [0.25, 0.3) is 5.91 Å². The van der Waals surface area contributed by atoms with Crippen molar-refractivity contribution in [1.82, 2.24) is 10.5 Å². The van der Waals surface area contributed by atoms with Gasteiger partial charge in [-0.2, -0.15) is 0 Å². The molecule has 2 aromatic rings. The van der Waals surface area contributed by atoms with Gasteiger partial charge in [-0.1, -0.05) is 23.1 Å². The molecule has 0 spiro atoms. The minimum atomic E-state index is -0.216. The van der Waals surface area contributed by atoms with Crippen LogP contribution in [0.15, 0.2) is 34.9 Å². The first-order chi connectivity index (χ1) is 9.69. The van der Waals surface area contributed by atoms with Crippen LogP contribution in [0.4, 0.5) is 0 Å². The molecule has 0 saturated heterocycles. The summed E-state index contributed by atoms with van der Waals surface area (Å²) in [6, 6.07) is 8.66. The third kappa shape index (κ3) is 3.70. The molecule has 2 rings (SSSR count). The smallest absolute Gasteiger partial charge is 0.251 e. The van der Waals surface area contributed by atoms with Crippen molar-refractivity contribution in [3.8, 4) is 11.8 Å². The Morgan fingerprint density at radius 1 is 1.45 bits per heavy atom. The fraction of sp³-hybridized carbons (Fsp3) is 0.200. The van der Waals surface area contributed by atoms with Crippen LogP contribution in [-0.4, -0.2) is 22.8 Å². The summed E-state index contributed by atoms with van der Waals surface area (Å²) in [5.74, 6) is 5.69. The number of aliphatic hydroxyl groups is 1. The highest BCUT2D eigenvalue weighted by Crippen LogP contribution is 2.06. The summed E-state index contributed by atoms with van der Waals surface area (Å²) in [5, 5.41) is 15.1. The van der Waals surface area contributed by atoms with Crippen molar-refractivity contribution < 1.29 is 14.4 Å². The lowest BCUT2D eigenvalue weighted by Crippen LogP contribution is -2.22. The predicted octanol–water partition coefficient (Wildman–Crippen LogP) is 1.26. The molecular weight excluding hydrogens is 256 g/mol. The minimum Gasteiger partial charge on any atom is -0.384 e. The lowest BCUT2D eigenvalue weighted by atomic mass is 10.1. The Bertz CT molecular complexity index is 665. The number of rotatable bonds is 3. The van der Waals surface area contributed by atoms with Crippen LogP contribution in [0.1, 0.15) is 27.4 Å². The van der Waals surface area contributed by atoms with Gasteiger partial charge in [0.05, 0.1) is 12.2 Å². The summed E-state index contributed by atoms with van der Waals surface area (Å²) in [6.07, 6.45) is 0. The highest BCUT2D eigenvalue weighted by Gasteiger charge is 2.07. The topological polar surface area (TPSA) is 75.4 Å². The summed E-state index contributed by atoms with van der Waals surface area (Å²) in [5.41, 5.74) is 1.96. The van der Waals surface area contributed by atoms with Gasteiger partial charge in [0.15, 0.2) is 5.76 Å². The maximum absolute atomic E-state index is 12.0. The molecular formula is C15H14N2O3. The second kappa shape index (κ2) is 6.55. The standard InChI is InChI=1S/C15H14N2O3/c1-11-8-14(20-17-11)10-16-15(19)13-6-2-4-12(9-13)5-3-7-18/h2,4,6,8-9,18H,7,10H2,1H3,(H,16,19). The van der Waals surface area contributed by atoms with E-state index in [9.17, 15) is 4.79 Å². The van der Waals surface area contributed by atoms with Crippen molar-refractivity contribution >= 4 is 5.91 Å². The molecule has 0 unspecified atom stereocenters. The maximum Gasteiger partial charge on any atom is 0.251 e. The van der Waals surface area contributed by atoms with Crippen molar-refractivity contribution in [3.63, 3.8) is 0 Å². The van der Waals surface area contributed by atoms with Crippen molar-refractivity contribution in [3.05, 3.63) is 52.9 Å². The van der Waals surface area contributed by atoms with E-state index in [1.807, 2.05) is 6.92 Å². The van der Waals surface area contributed by atoms with Crippen LogP contribution < -0.4 is 5.32 Å². The molecule has 1 amide bonds. The largest absolute Gasteiger partial charge is 0.384 e. The molecule has 1 aromatic carbocycles. The monoisotopic (exact) mass is 270 g/mol. The predicted molar refractivity (Wildman–Crippen MR) is 72.8 cm³/mol. The average Bonchev–Trinajstić information content (AvgIpc) is 2.88. The van der Waals surface area contributed by atoms with Gasteiger partial charge in [-0.05, 0) is 25.1 Å². The first-order valence-electron chi connectivity index (χ1n) is 6.09. The number of aliphatic hydroxyl groups excluding tert-OH is 1. The van der Waals surface area contributed by atoms with Crippen molar-refractivity contribution in [1.29, 1.82) is 0 Å². The molecule has 0 fully saturated rings. The number of nitrogens with zero attached hydrogens (tertiary/aromatic N) is 1. The number of aromatic nitrogens is 1. The maximum atomic E-state index is 12.0. The van der Waals surface area contributed by atoms with Gasteiger partial charge in [0.1, 0.15) is 6.61 Å². The lowest BCUT2D eigenvalue weighted by Gasteiger charge is -2.03. The van der Waals surface area contributed by atoms with E-state index < -0.39 is 0 Å². The van der Waals surface area contributed by atoms with Crippen LogP contribution in [0.5, 0.6) is 0 Å². The van der Waals surface area contributed by atoms with E-state index in [0.717, 1.165) is 5.69 Å². The molecule has 2 N–H and O–H groups in total. The molecule has 0 aliphatic rings. The van der Waals surface area contributed by atoms with Gasteiger partial charge in [-0.25, -0.2) is 0 Å². The van der Waals surface area contributed by atoms with Gasteiger partial charge >= 0.3 is 0 Å². The van der Waals surface area contributed by atoms with Crippen LogP contribution in [0.2, 0.25) is 0 Å². The van der Waals surface area contributed by atoms with Crippen LogP contribution in [0.25, 0.3) is 0 Å². The quantitative estimate of drug-likeness (QED) is 0.823. The Balaban J connectivity index is 2.01. The molecule has 1 aromatic heterocycles. The summed E-state index contributed by atoms with van der Waals surface area (Å²) in [7, 11) is 0. The van der Waals surface area contributed by atoms with Gasteiger partial charge in [0, 0.05) is 17.2 Å². The number of carbonyl (C=O) groups is 1. The van der Waals surface area contributed by atoms with Crippen LogP contribution in [0.3, 0.4) is 0 Å². The first kappa shape index (κ1) is 13.8. The Hall–Kier alpha value is -2.58. The number of hydrogen-bond donors (Lipinski definition) is 2. The summed E-state index contributed by atoms with van der Waals surface area (Å²) in [6.45, 7) is 1.89. The van der Waals surface area contributed by atoms with E-state index in [2.05, 4.69) is 22.3 Å². The molecule has 0 bridgehead atoms. The number of nitrogens with one attached hydrogen (secondary N) is 1. The molecule has 0 saturated carbocycles. The Morgan fingerprint density at radius 2 is 2.30 bits per heavy atom. The molecule has 5 heteroatoms. The highest BCUT2D eigenvalue weighted by molar-refractivity contribution is 5.94.